The summed E-state index contributed by atoms with van der Waals surface area (Å²) in [6.45, 7) is 0. The van der Waals surface area contributed by atoms with Crippen molar-refractivity contribution in [2.75, 3.05) is 5.32 Å². The first-order valence-corrected chi connectivity index (χ1v) is 4.68. The number of aromatic nitrogens is 1. The lowest BCUT2D eigenvalue weighted by Crippen LogP contribution is -2.38. The minimum atomic E-state index is -4.26. The fraction of sp³-hybridized carbons (Fsp3) is 0.400. The third-order valence-electron chi connectivity index (χ3n) is 2.55. The zero-order valence-electron chi connectivity index (χ0n) is 8.17. The van der Waals surface area contributed by atoms with Crippen molar-refractivity contribution in [2.45, 2.75) is 24.6 Å². The highest BCUT2D eigenvalue weighted by atomic mass is 19.4. The molecular formula is C10H8F3N3. The highest BCUT2D eigenvalue weighted by Gasteiger charge is 2.63. The predicted molar refractivity (Wildman–Crippen MR) is 50.6 cm³/mol. The lowest BCUT2D eigenvalue weighted by atomic mass is 10.2. The Balaban J connectivity index is 2.13. The van der Waals surface area contributed by atoms with Gasteiger partial charge in [-0.3, -0.25) is 0 Å². The van der Waals surface area contributed by atoms with E-state index < -0.39 is 11.7 Å². The molecule has 0 aromatic carbocycles. The SMILES string of the molecule is N#Cc1ccc(NC2(C(F)(F)F)CC2)nc1. The molecule has 0 aliphatic heterocycles. The molecule has 1 aromatic heterocycles. The summed E-state index contributed by atoms with van der Waals surface area (Å²) in [6.07, 6.45) is -2.88. The van der Waals surface area contributed by atoms with Crippen molar-refractivity contribution in [3.8, 4) is 6.07 Å². The molecule has 16 heavy (non-hydrogen) atoms. The van der Waals surface area contributed by atoms with Crippen LogP contribution < -0.4 is 5.32 Å². The van der Waals surface area contributed by atoms with Crippen LogP contribution in [0, 0.1) is 11.3 Å². The van der Waals surface area contributed by atoms with Gasteiger partial charge in [-0.05, 0) is 25.0 Å². The topological polar surface area (TPSA) is 48.7 Å². The van der Waals surface area contributed by atoms with Crippen LogP contribution >= 0.6 is 0 Å². The third-order valence-corrected chi connectivity index (χ3v) is 2.55. The fourth-order valence-electron chi connectivity index (χ4n) is 1.38. The number of halogens is 3. The van der Waals surface area contributed by atoms with Crippen LogP contribution in [0.15, 0.2) is 18.3 Å². The van der Waals surface area contributed by atoms with Gasteiger partial charge in [-0.25, -0.2) is 4.98 Å². The quantitative estimate of drug-likeness (QED) is 0.844. The number of hydrogen-bond donors (Lipinski definition) is 1. The van der Waals surface area contributed by atoms with Crippen LogP contribution in [0.5, 0.6) is 0 Å². The molecular weight excluding hydrogens is 219 g/mol. The van der Waals surface area contributed by atoms with E-state index in [4.69, 9.17) is 5.26 Å². The number of hydrogen-bond acceptors (Lipinski definition) is 3. The van der Waals surface area contributed by atoms with Crippen LogP contribution in [0.1, 0.15) is 18.4 Å². The molecule has 1 fully saturated rings. The Morgan fingerprint density at radius 1 is 1.38 bits per heavy atom. The molecule has 0 bridgehead atoms. The van der Waals surface area contributed by atoms with E-state index in [1.165, 1.54) is 18.3 Å². The molecule has 1 heterocycles. The van der Waals surface area contributed by atoms with Crippen molar-refractivity contribution in [3.05, 3.63) is 23.9 Å². The average molecular weight is 227 g/mol. The summed E-state index contributed by atoms with van der Waals surface area (Å²) in [5, 5.41) is 10.9. The maximum atomic E-state index is 12.6. The van der Waals surface area contributed by atoms with E-state index in [1.54, 1.807) is 0 Å². The number of nitrogens with one attached hydrogen (secondary N) is 1. The van der Waals surface area contributed by atoms with Gasteiger partial charge in [0.2, 0.25) is 0 Å². The molecule has 1 N–H and O–H groups in total. The zero-order valence-corrected chi connectivity index (χ0v) is 8.17. The maximum absolute atomic E-state index is 12.6. The second-order valence-electron chi connectivity index (χ2n) is 3.75. The summed E-state index contributed by atoms with van der Waals surface area (Å²) in [5.74, 6) is 0.147. The summed E-state index contributed by atoms with van der Waals surface area (Å²) >= 11 is 0. The van der Waals surface area contributed by atoms with Crippen molar-refractivity contribution < 1.29 is 13.2 Å². The maximum Gasteiger partial charge on any atom is 0.411 e. The van der Waals surface area contributed by atoms with Crippen LogP contribution in [-0.2, 0) is 0 Å². The molecule has 6 heteroatoms. The highest BCUT2D eigenvalue weighted by Crippen LogP contribution is 2.50. The molecule has 0 unspecified atom stereocenters. The summed E-state index contributed by atoms with van der Waals surface area (Å²) < 4.78 is 37.8. The average Bonchev–Trinajstić information content (AvgIpc) is 2.99. The van der Waals surface area contributed by atoms with Crippen molar-refractivity contribution in [1.29, 1.82) is 5.26 Å². The summed E-state index contributed by atoms with van der Waals surface area (Å²) in [4.78, 5) is 3.75. The Hall–Kier alpha value is -1.77. The van der Waals surface area contributed by atoms with Crippen LogP contribution in [-0.4, -0.2) is 16.7 Å². The number of alkyl halides is 3. The van der Waals surface area contributed by atoms with Crippen molar-refractivity contribution in [1.82, 2.24) is 4.98 Å². The van der Waals surface area contributed by atoms with E-state index >= 15 is 0 Å². The normalized spacial score (nSPS) is 17.6. The number of nitrogens with zero attached hydrogens (tertiary/aromatic N) is 2. The van der Waals surface area contributed by atoms with Gasteiger partial charge in [-0.2, -0.15) is 18.4 Å². The van der Waals surface area contributed by atoms with E-state index in [0.717, 1.165) is 0 Å². The lowest BCUT2D eigenvalue weighted by molar-refractivity contribution is -0.151. The summed E-state index contributed by atoms with van der Waals surface area (Å²) in [7, 11) is 0. The zero-order chi connectivity index (χ0) is 11.8. The molecule has 1 aliphatic carbocycles. The Kier molecular flexibility index (Phi) is 2.26. The lowest BCUT2D eigenvalue weighted by Gasteiger charge is -2.21. The van der Waals surface area contributed by atoms with Crippen molar-refractivity contribution in [2.24, 2.45) is 0 Å². The molecule has 1 aliphatic rings. The van der Waals surface area contributed by atoms with Gasteiger partial charge in [-0.1, -0.05) is 0 Å². The van der Waals surface area contributed by atoms with Gasteiger partial charge >= 0.3 is 6.18 Å². The van der Waals surface area contributed by atoms with E-state index in [-0.39, 0.29) is 18.7 Å². The first kappa shape index (κ1) is 10.7. The summed E-state index contributed by atoms with van der Waals surface area (Å²) in [5.41, 5.74) is -1.49. The van der Waals surface area contributed by atoms with E-state index in [0.29, 0.717) is 5.56 Å². The molecule has 2 rings (SSSR count). The second-order valence-corrected chi connectivity index (χ2v) is 3.75. The van der Waals surface area contributed by atoms with Gasteiger partial charge in [0.05, 0.1) is 5.56 Å². The first-order chi connectivity index (χ1) is 7.47. The molecule has 0 spiro atoms. The largest absolute Gasteiger partial charge is 0.411 e. The molecule has 1 aromatic rings. The molecule has 0 atom stereocenters. The minimum absolute atomic E-state index is 0.0676. The molecule has 0 saturated heterocycles. The molecule has 0 radical (unpaired) electrons. The van der Waals surface area contributed by atoms with Gasteiger partial charge in [0.15, 0.2) is 0 Å². The van der Waals surface area contributed by atoms with E-state index in [1.807, 2.05) is 6.07 Å². The monoisotopic (exact) mass is 227 g/mol. The minimum Gasteiger partial charge on any atom is -0.356 e. The molecule has 3 nitrogen and oxygen atoms in total. The Labute approximate surface area is 89.9 Å². The number of anilines is 1. The third kappa shape index (κ3) is 1.81. The van der Waals surface area contributed by atoms with Gasteiger partial charge in [0.1, 0.15) is 17.4 Å². The van der Waals surface area contributed by atoms with Crippen LogP contribution in [0.3, 0.4) is 0 Å². The fourth-order valence-corrected chi connectivity index (χ4v) is 1.38. The smallest absolute Gasteiger partial charge is 0.356 e. The van der Waals surface area contributed by atoms with Crippen LogP contribution in [0.25, 0.3) is 0 Å². The molecule has 1 saturated carbocycles. The first-order valence-electron chi connectivity index (χ1n) is 4.68. The highest BCUT2D eigenvalue weighted by molar-refractivity contribution is 5.44. The Morgan fingerprint density at radius 3 is 2.44 bits per heavy atom. The molecule has 84 valence electrons. The van der Waals surface area contributed by atoms with Gasteiger partial charge in [0, 0.05) is 6.20 Å². The van der Waals surface area contributed by atoms with Crippen molar-refractivity contribution in [3.63, 3.8) is 0 Å². The van der Waals surface area contributed by atoms with Crippen molar-refractivity contribution >= 4 is 5.82 Å². The Morgan fingerprint density at radius 2 is 2.06 bits per heavy atom. The summed E-state index contributed by atoms with van der Waals surface area (Å²) in [6, 6.07) is 4.66. The number of nitriles is 1. The molecule has 0 amide bonds. The van der Waals surface area contributed by atoms with Gasteiger partial charge in [-0.15, -0.1) is 0 Å². The Bertz CT molecular complexity index is 426. The van der Waals surface area contributed by atoms with Crippen LogP contribution in [0.4, 0.5) is 19.0 Å². The van der Waals surface area contributed by atoms with Crippen LogP contribution in [0.2, 0.25) is 0 Å². The standard InChI is InChI=1S/C10H8F3N3/c11-10(12,13)9(3-4-9)16-8-2-1-7(5-14)6-15-8/h1-2,6H,3-4H2,(H,15,16). The number of pyridine rings is 1. The second kappa shape index (κ2) is 3.37. The van der Waals surface area contributed by atoms with E-state index in [9.17, 15) is 13.2 Å². The van der Waals surface area contributed by atoms with E-state index in [2.05, 4.69) is 10.3 Å². The predicted octanol–water partition coefficient (Wildman–Crippen LogP) is 2.46. The van der Waals surface area contributed by atoms with Gasteiger partial charge in [0.25, 0.3) is 0 Å². The number of rotatable bonds is 2. The van der Waals surface area contributed by atoms with Gasteiger partial charge < -0.3 is 5.32 Å².